The molecule has 0 radical (unpaired) electrons. The molecule has 0 aliphatic carbocycles. The molecule has 0 saturated heterocycles. The zero-order valence-electron chi connectivity index (χ0n) is 40.0. The number of rotatable bonds is 31. The Labute approximate surface area is 393 Å². The van der Waals surface area contributed by atoms with E-state index in [9.17, 15) is 0 Å². The molecule has 63 heavy (non-hydrogen) atoms. The molecule has 2 atom stereocenters. The Morgan fingerprint density at radius 2 is 0.889 bits per heavy atom. The summed E-state index contributed by atoms with van der Waals surface area (Å²) in [5, 5.41) is 0. The van der Waals surface area contributed by atoms with Crippen molar-refractivity contribution in [3.63, 3.8) is 0 Å². The fourth-order valence-corrected chi connectivity index (χ4v) is 13.1. The van der Waals surface area contributed by atoms with E-state index in [0.717, 1.165) is 73.0 Å². The van der Waals surface area contributed by atoms with E-state index in [2.05, 4.69) is 75.6 Å². The lowest BCUT2D eigenvalue weighted by Crippen LogP contribution is -2.34. The van der Waals surface area contributed by atoms with Crippen molar-refractivity contribution in [2.45, 2.75) is 196 Å². The van der Waals surface area contributed by atoms with Crippen LogP contribution < -0.4 is 9.47 Å². The molecule has 9 heteroatoms. The van der Waals surface area contributed by atoms with Crippen LogP contribution in [0, 0.1) is 25.7 Å². The Balaban J connectivity index is 1.40. The maximum Gasteiger partial charge on any atom is 0.261 e. The number of aryl methyl sites for hydroxylation is 2. The molecule has 3 aliphatic rings. The highest BCUT2D eigenvalue weighted by Crippen LogP contribution is 2.54. The summed E-state index contributed by atoms with van der Waals surface area (Å²) in [4.78, 5) is 41.7. The Bertz CT molecular complexity index is 1970. The highest BCUT2D eigenvalue weighted by Gasteiger charge is 2.50. The van der Waals surface area contributed by atoms with Crippen LogP contribution >= 0.6 is 34.0 Å². The molecule has 0 spiro atoms. The molecular weight excluding hydrogens is 837 g/mol. The summed E-state index contributed by atoms with van der Waals surface area (Å²) < 4.78 is 12.3. The molecule has 3 aliphatic heterocycles. The Hall–Kier alpha value is -2.88. The number of carbonyl (C=O) groups excluding carboxylic acids is 2. The van der Waals surface area contributed by atoms with E-state index < -0.39 is 0 Å². The van der Waals surface area contributed by atoms with Crippen LogP contribution in [0.2, 0.25) is 0 Å². The summed E-state index contributed by atoms with van der Waals surface area (Å²) in [6.07, 6.45) is 29.5. The monoisotopic (exact) mass is 917 g/mol. The quantitative estimate of drug-likeness (QED) is 0.0604. The number of nitrogens with zero attached hydrogens (tertiary/aromatic N) is 2. The van der Waals surface area contributed by atoms with Crippen LogP contribution in [0.25, 0.3) is 21.1 Å². The van der Waals surface area contributed by atoms with Crippen molar-refractivity contribution in [2.24, 2.45) is 11.8 Å². The zero-order valence-corrected chi connectivity index (χ0v) is 42.5. The van der Waals surface area contributed by atoms with Crippen LogP contribution in [0.3, 0.4) is 0 Å². The van der Waals surface area contributed by atoms with Gasteiger partial charge in [-0.15, -0.1) is 34.0 Å². The zero-order chi connectivity index (χ0) is 44.6. The number of ether oxygens (including phenoxy) is 2. The van der Waals surface area contributed by atoms with Gasteiger partial charge in [0.15, 0.2) is 11.5 Å². The maximum atomic E-state index is 15.5. The summed E-state index contributed by atoms with van der Waals surface area (Å²) in [5.74, 6) is 2.50. The van der Waals surface area contributed by atoms with Crippen molar-refractivity contribution in [2.75, 3.05) is 26.3 Å². The van der Waals surface area contributed by atoms with Gasteiger partial charge in [-0.25, -0.2) is 0 Å². The third-order valence-electron chi connectivity index (χ3n) is 13.5. The largest absolute Gasteiger partial charge is 0.485 e. The van der Waals surface area contributed by atoms with Gasteiger partial charge < -0.3 is 19.3 Å². The van der Waals surface area contributed by atoms with Gasteiger partial charge in [-0.1, -0.05) is 156 Å². The summed E-state index contributed by atoms with van der Waals surface area (Å²) >= 11 is 5.12. The topological polar surface area (TPSA) is 59.1 Å². The molecule has 348 valence electrons. The number of fused-ring (bicyclic) bond motifs is 2. The summed E-state index contributed by atoms with van der Waals surface area (Å²) in [6.45, 7) is 15.8. The molecule has 6 rings (SSSR count). The third kappa shape index (κ3) is 12.9. The van der Waals surface area contributed by atoms with E-state index in [1.807, 2.05) is 0 Å². The molecule has 0 fully saturated rings. The second-order valence-corrected chi connectivity index (χ2v) is 22.3. The summed E-state index contributed by atoms with van der Waals surface area (Å²) in [7, 11) is 0. The average Bonchev–Trinajstić information content (AvgIpc) is 4.12. The molecule has 0 bridgehead atoms. The van der Waals surface area contributed by atoms with Gasteiger partial charge in [0.05, 0.1) is 37.2 Å². The van der Waals surface area contributed by atoms with Crippen molar-refractivity contribution in [3.8, 4) is 21.3 Å². The average molecular weight is 917 g/mol. The van der Waals surface area contributed by atoms with Crippen LogP contribution in [0.4, 0.5) is 0 Å². The van der Waals surface area contributed by atoms with Crippen LogP contribution in [-0.4, -0.2) is 47.9 Å². The first-order chi connectivity index (χ1) is 30.8. The number of amides is 2. The lowest BCUT2D eigenvalue weighted by atomic mass is 9.93. The first kappa shape index (κ1) is 49.6. The van der Waals surface area contributed by atoms with Gasteiger partial charge in [-0.2, -0.15) is 0 Å². The van der Waals surface area contributed by atoms with E-state index in [1.165, 1.54) is 133 Å². The maximum absolute atomic E-state index is 15.5. The molecule has 3 aromatic rings. The van der Waals surface area contributed by atoms with Gasteiger partial charge in [-0.3, -0.25) is 9.59 Å². The van der Waals surface area contributed by atoms with Crippen molar-refractivity contribution >= 4 is 57.2 Å². The highest BCUT2D eigenvalue weighted by molar-refractivity contribution is 7.23. The van der Waals surface area contributed by atoms with Gasteiger partial charge >= 0.3 is 0 Å². The van der Waals surface area contributed by atoms with E-state index in [4.69, 9.17) is 9.47 Å². The summed E-state index contributed by atoms with van der Waals surface area (Å²) in [5.41, 5.74) is 2.97. The number of unbranched alkanes of at least 4 members (excludes halogenated alkanes) is 16. The lowest BCUT2D eigenvalue weighted by Gasteiger charge is -2.29. The molecule has 0 saturated carbocycles. The number of hydrogen-bond acceptors (Lipinski definition) is 7. The van der Waals surface area contributed by atoms with Gasteiger partial charge in [0.2, 0.25) is 0 Å². The minimum atomic E-state index is 0.0184. The first-order valence-corrected chi connectivity index (χ1v) is 27.9. The highest BCUT2D eigenvalue weighted by atomic mass is 32.1. The molecule has 3 aromatic heterocycles. The van der Waals surface area contributed by atoms with Crippen molar-refractivity contribution < 1.29 is 19.1 Å². The smallest absolute Gasteiger partial charge is 0.261 e. The van der Waals surface area contributed by atoms with Crippen LogP contribution in [-0.2, 0) is 9.59 Å². The lowest BCUT2D eigenvalue weighted by molar-refractivity contribution is -0.124. The minimum Gasteiger partial charge on any atom is -0.485 e. The SMILES string of the molecule is CCCCCCCCC(CCCCCC)CN1C(=O)C2=C(c3ccc(-c4sc(C)c5c4OCCO5)s3)N(CC(CCCCCC)CCCCCCCC)C(=O)C2=C1c1ccc(C)s1. The Morgan fingerprint density at radius 1 is 0.492 bits per heavy atom. The van der Waals surface area contributed by atoms with E-state index >= 15 is 9.59 Å². The predicted molar refractivity (Wildman–Crippen MR) is 270 cm³/mol. The van der Waals surface area contributed by atoms with Gasteiger partial charge in [-0.05, 0) is 75.6 Å². The third-order valence-corrected chi connectivity index (χ3v) is 16.9. The van der Waals surface area contributed by atoms with E-state index in [1.54, 1.807) is 34.0 Å². The second kappa shape index (κ2) is 25.7. The number of carbonyl (C=O) groups is 2. The normalized spacial score (nSPS) is 16.0. The van der Waals surface area contributed by atoms with Crippen LogP contribution in [0.5, 0.6) is 11.5 Å². The molecule has 2 amide bonds. The Morgan fingerprint density at radius 3 is 1.35 bits per heavy atom. The minimum absolute atomic E-state index is 0.0184. The fraction of sp³-hybridized carbons (Fsp3) is 0.667. The molecule has 0 aromatic carbocycles. The summed E-state index contributed by atoms with van der Waals surface area (Å²) in [6, 6.07) is 8.66. The van der Waals surface area contributed by atoms with Gasteiger partial charge in [0.25, 0.3) is 11.8 Å². The Kier molecular flexibility index (Phi) is 20.2. The molecule has 0 N–H and O–H groups in total. The van der Waals surface area contributed by atoms with Crippen molar-refractivity contribution in [1.82, 2.24) is 9.80 Å². The number of thiophene rings is 3. The molecule has 2 unspecified atom stereocenters. The van der Waals surface area contributed by atoms with Gasteiger partial charge in [0.1, 0.15) is 13.2 Å². The van der Waals surface area contributed by atoms with Gasteiger partial charge in [0, 0.05) is 27.7 Å². The predicted octanol–water partition coefficient (Wildman–Crippen LogP) is 16.4. The fourth-order valence-electron chi connectivity index (χ4n) is 9.98. The first-order valence-electron chi connectivity index (χ1n) is 25.5. The molecule has 6 heterocycles. The van der Waals surface area contributed by atoms with E-state index in [0.29, 0.717) is 49.3 Å². The molecule has 6 nitrogen and oxygen atoms in total. The van der Waals surface area contributed by atoms with Crippen molar-refractivity contribution in [1.29, 1.82) is 0 Å². The van der Waals surface area contributed by atoms with Crippen LogP contribution in [0.15, 0.2) is 35.4 Å². The van der Waals surface area contributed by atoms with Crippen LogP contribution in [0.1, 0.15) is 201 Å². The number of hydrogen-bond donors (Lipinski definition) is 0. The van der Waals surface area contributed by atoms with E-state index in [-0.39, 0.29) is 11.8 Å². The molecular formula is C54H80N2O4S3. The second-order valence-electron chi connectivity index (χ2n) is 18.7. The van der Waals surface area contributed by atoms with Crippen molar-refractivity contribution in [3.05, 3.63) is 54.9 Å². The standard InChI is InChI=1S/C54H80N2O4S3/c1-7-11-15-19-21-25-29-41(27-23-17-13-9-3)37-55-48(43-32-31-39(5)61-43)46-47(54(55)58)49(44-33-34-45(63-44)52-51-50(40(6)62-52)59-35-36-60-51)56(53(46)57)38-42(28-24-18-14-10-4)30-26-22-20-16-12-8-2/h31-34,41-42H,7-30,35-38H2,1-6H3.